The largest absolute Gasteiger partial charge is 0.479 e. The van der Waals surface area contributed by atoms with Crippen molar-refractivity contribution >= 4 is 29.2 Å². The van der Waals surface area contributed by atoms with Crippen molar-refractivity contribution in [3.63, 3.8) is 0 Å². The smallest absolute Gasteiger partial charge is 0.347 e. The molecule has 2 rings (SSSR count). The number of anilines is 2. The quantitative estimate of drug-likeness (QED) is 0.711. The summed E-state index contributed by atoms with van der Waals surface area (Å²) in [4.78, 5) is 35.3. The number of amides is 2. The van der Waals surface area contributed by atoms with Crippen molar-refractivity contribution in [2.24, 2.45) is 0 Å². The lowest BCUT2D eigenvalue weighted by Gasteiger charge is -2.18. The third-order valence-electron chi connectivity index (χ3n) is 3.59. The Morgan fingerprint density at radius 2 is 1.39 bits per heavy atom. The maximum absolute atomic E-state index is 12.9. The molecule has 0 aliphatic carbocycles. The van der Waals surface area contributed by atoms with Crippen molar-refractivity contribution < 1.29 is 28.2 Å². The lowest BCUT2D eigenvalue weighted by atomic mass is 10.2. The first-order valence-electron chi connectivity index (χ1n) is 8.56. The minimum absolute atomic E-state index is 0.200. The van der Waals surface area contributed by atoms with Crippen molar-refractivity contribution in [2.75, 3.05) is 10.6 Å². The zero-order valence-electron chi connectivity index (χ0n) is 15.7. The van der Waals surface area contributed by atoms with Crippen LogP contribution in [-0.2, 0) is 19.1 Å². The molecular formula is C20H21FN2O5. The van der Waals surface area contributed by atoms with Gasteiger partial charge in [-0.3, -0.25) is 9.59 Å². The number of halogens is 1. The number of rotatable bonds is 7. The van der Waals surface area contributed by atoms with E-state index in [1.54, 1.807) is 24.3 Å². The van der Waals surface area contributed by atoms with Gasteiger partial charge in [-0.2, -0.15) is 0 Å². The highest BCUT2D eigenvalue weighted by atomic mass is 19.1. The van der Waals surface area contributed by atoms with E-state index in [-0.39, 0.29) is 5.91 Å². The molecule has 7 nitrogen and oxygen atoms in total. The van der Waals surface area contributed by atoms with Crippen molar-refractivity contribution in [3.05, 3.63) is 54.3 Å². The van der Waals surface area contributed by atoms with E-state index >= 15 is 0 Å². The van der Waals surface area contributed by atoms with Crippen LogP contribution in [0, 0.1) is 5.82 Å². The molecule has 0 radical (unpaired) electrons. The van der Waals surface area contributed by atoms with E-state index in [0.29, 0.717) is 17.1 Å². The molecule has 2 aromatic rings. The summed E-state index contributed by atoms with van der Waals surface area (Å²) in [6, 6.07) is 11.7. The van der Waals surface area contributed by atoms with Gasteiger partial charge in [-0.05, 0) is 62.4 Å². The molecule has 28 heavy (non-hydrogen) atoms. The molecule has 0 saturated carbocycles. The van der Waals surface area contributed by atoms with Crippen LogP contribution < -0.4 is 15.4 Å². The molecule has 0 aliphatic heterocycles. The highest BCUT2D eigenvalue weighted by molar-refractivity contribution is 5.95. The van der Waals surface area contributed by atoms with E-state index in [4.69, 9.17) is 9.47 Å². The maximum atomic E-state index is 12.9. The molecule has 148 valence electrons. The van der Waals surface area contributed by atoms with Gasteiger partial charge in [0, 0.05) is 18.3 Å². The van der Waals surface area contributed by atoms with Crippen LogP contribution in [0.15, 0.2) is 48.5 Å². The lowest BCUT2D eigenvalue weighted by molar-refractivity contribution is -0.159. The Hall–Kier alpha value is -3.42. The summed E-state index contributed by atoms with van der Waals surface area (Å²) in [5.74, 6) is -1.56. The molecule has 0 aliphatic rings. The number of nitrogens with one attached hydrogen (secondary N) is 2. The van der Waals surface area contributed by atoms with Crippen LogP contribution in [0.25, 0.3) is 0 Å². The SMILES string of the molecule is CC(=O)Nc1ccc(NC(=O)[C@@H](C)OC(=O)[C@@H](C)Oc2ccc(F)cc2)cc1. The fourth-order valence-electron chi connectivity index (χ4n) is 2.17. The average Bonchev–Trinajstić information content (AvgIpc) is 2.64. The lowest BCUT2D eigenvalue weighted by Crippen LogP contribution is -2.35. The summed E-state index contributed by atoms with van der Waals surface area (Å²) in [6.45, 7) is 4.30. The number of benzene rings is 2. The first kappa shape index (κ1) is 20.9. The molecule has 0 spiro atoms. The molecule has 0 aromatic heterocycles. The molecule has 0 fully saturated rings. The molecule has 2 N–H and O–H groups in total. The molecule has 0 unspecified atom stereocenters. The van der Waals surface area contributed by atoms with E-state index in [1.165, 1.54) is 45.0 Å². The fourth-order valence-corrected chi connectivity index (χ4v) is 2.17. The van der Waals surface area contributed by atoms with E-state index in [0.717, 1.165) is 0 Å². The number of esters is 1. The molecule has 0 saturated heterocycles. The molecular weight excluding hydrogens is 367 g/mol. The first-order valence-corrected chi connectivity index (χ1v) is 8.56. The Labute approximate surface area is 161 Å². The van der Waals surface area contributed by atoms with E-state index in [2.05, 4.69) is 10.6 Å². The maximum Gasteiger partial charge on any atom is 0.347 e. The second-order valence-corrected chi connectivity index (χ2v) is 6.04. The van der Waals surface area contributed by atoms with Gasteiger partial charge in [0.05, 0.1) is 0 Å². The molecule has 2 aromatic carbocycles. The standard InChI is InChI=1S/C20H21FN2O5/c1-12(19(25)23-17-8-6-16(7-9-17)22-14(3)24)28-20(26)13(2)27-18-10-4-15(21)5-11-18/h4-13H,1-3H3,(H,22,24)(H,23,25)/t12-,13-/m1/s1. The Kier molecular flexibility index (Phi) is 7.08. The van der Waals surface area contributed by atoms with Crippen LogP contribution in [0.2, 0.25) is 0 Å². The molecule has 2 atom stereocenters. The van der Waals surface area contributed by atoms with Crippen molar-refractivity contribution in [1.82, 2.24) is 0 Å². The van der Waals surface area contributed by atoms with Crippen molar-refractivity contribution in [1.29, 1.82) is 0 Å². The summed E-state index contributed by atoms with van der Waals surface area (Å²) in [5.41, 5.74) is 1.08. The van der Waals surface area contributed by atoms with Crippen molar-refractivity contribution in [2.45, 2.75) is 33.0 Å². The average molecular weight is 388 g/mol. The molecule has 2 amide bonds. The summed E-state index contributed by atoms with van der Waals surface area (Å²) >= 11 is 0. The third kappa shape index (κ3) is 6.39. The number of carbonyl (C=O) groups is 3. The van der Waals surface area contributed by atoms with E-state index in [1.807, 2.05) is 0 Å². The summed E-state index contributed by atoms with van der Waals surface area (Å²) in [5, 5.41) is 5.23. The van der Waals surface area contributed by atoms with Gasteiger partial charge in [-0.15, -0.1) is 0 Å². The van der Waals surface area contributed by atoms with Gasteiger partial charge >= 0.3 is 5.97 Å². The van der Waals surface area contributed by atoms with Crippen molar-refractivity contribution in [3.8, 4) is 5.75 Å². The van der Waals surface area contributed by atoms with Crippen LogP contribution in [0.4, 0.5) is 15.8 Å². The normalized spacial score (nSPS) is 12.4. The second kappa shape index (κ2) is 9.50. The van der Waals surface area contributed by atoms with Crippen LogP contribution in [0.3, 0.4) is 0 Å². The number of ether oxygens (including phenoxy) is 2. The van der Waals surface area contributed by atoms with Crippen LogP contribution in [-0.4, -0.2) is 30.0 Å². The van der Waals surface area contributed by atoms with Gasteiger partial charge in [0.1, 0.15) is 11.6 Å². The Morgan fingerprint density at radius 1 is 0.857 bits per heavy atom. The predicted octanol–water partition coefficient (Wildman–Crippen LogP) is 3.12. The summed E-state index contributed by atoms with van der Waals surface area (Å²) in [7, 11) is 0. The molecule has 0 heterocycles. The Morgan fingerprint density at radius 3 is 1.93 bits per heavy atom. The van der Waals surface area contributed by atoms with E-state index < -0.39 is 29.9 Å². The molecule has 8 heteroatoms. The van der Waals surface area contributed by atoms with E-state index in [9.17, 15) is 18.8 Å². The zero-order chi connectivity index (χ0) is 20.7. The second-order valence-electron chi connectivity index (χ2n) is 6.04. The van der Waals surface area contributed by atoms with Gasteiger partial charge in [0.2, 0.25) is 5.91 Å². The van der Waals surface area contributed by atoms with Gasteiger partial charge in [0.25, 0.3) is 5.91 Å². The Bertz CT molecular complexity index is 837. The Balaban J connectivity index is 1.85. The topological polar surface area (TPSA) is 93.7 Å². The summed E-state index contributed by atoms with van der Waals surface area (Å²) < 4.78 is 23.4. The first-order chi connectivity index (χ1) is 13.2. The highest BCUT2D eigenvalue weighted by Crippen LogP contribution is 2.15. The number of hydrogen-bond acceptors (Lipinski definition) is 5. The number of carbonyl (C=O) groups excluding carboxylic acids is 3. The van der Waals surface area contributed by atoms with Gasteiger partial charge in [-0.1, -0.05) is 0 Å². The minimum atomic E-state index is -1.05. The monoisotopic (exact) mass is 388 g/mol. The fraction of sp³-hybridized carbons (Fsp3) is 0.250. The third-order valence-corrected chi connectivity index (χ3v) is 3.59. The number of hydrogen-bond donors (Lipinski definition) is 2. The van der Waals surface area contributed by atoms with Gasteiger partial charge in [0.15, 0.2) is 12.2 Å². The summed E-state index contributed by atoms with van der Waals surface area (Å²) in [6.07, 6.45) is -2.03. The zero-order valence-corrected chi connectivity index (χ0v) is 15.7. The van der Waals surface area contributed by atoms with Crippen LogP contribution >= 0.6 is 0 Å². The predicted molar refractivity (Wildman–Crippen MR) is 101 cm³/mol. The van der Waals surface area contributed by atoms with Gasteiger partial charge in [-0.25, -0.2) is 9.18 Å². The highest BCUT2D eigenvalue weighted by Gasteiger charge is 2.23. The molecule has 0 bridgehead atoms. The van der Waals surface area contributed by atoms with Crippen LogP contribution in [0.1, 0.15) is 20.8 Å². The van der Waals surface area contributed by atoms with Gasteiger partial charge < -0.3 is 20.1 Å². The van der Waals surface area contributed by atoms with Crippen LogP contribution in [0.5, 0.6) is 5.75 Å². The minimum Gasteiger partial charge on any atom is -0.479 e.